The second kappa shape index (κ2) is 22.0. The zero-order valence-corrected chi connectivity index (χ0v) is 38.2. The molecule has 0 N–H and O–H groups in total. The normalized spacial score (nSPS) is 18.3. The fourth-order valence-corrected chi connectivity index (χ4v) is 9.13. The molecule has 0 aromatic heterocycles. The molecule has 2 heterocycles. The Morgan fingerprint density at radius 3 is 1.77 bits per heavy atom. The van der Waals surface area contributed by atoms with Gasteiger partial charge in [-0.05, 0) is 121 Å². The van der Waals surface area contributed by atoms with E-state index in [-0.39, 0.29) is 5.60 Å². The maximum atomic E-state index is 6.72. The minimum atomic E-state index is -0.417. The molecule has 0 radical (unpaired) electrons. The second-order valence-electron chi connectivity index (χ2n) is 18.1. The molecule has 2 aliphatic heterocycles. The van der Waals surface area contributed by atoms with Gasteiger partial charge in [0, 0.05) is 23.0 Å². The van der Waals surface area contributed by atoms with E-state index < -0.39 is 5.60 Å². The highest BCUT2D eigenvalue weighted by molar-refractivity contribution is 5.82. The zero-order chi connectivity index (χ0) is 42.5. The highest BCUT2D eigenvalue weighted by Gasteiger charge is 2.45. The van der Waals surface area contributed by atoms with Gasteiger partial charge in [-0.25, -0.2) is 0 Å². The van der Waals surface area contributed by atoms with Gasteiger partial charge in [-0.1, -0.05) is 74.9 Å². The summed E-state index contributed by atoms with van der Waals surface area (Å²) in [6.45, 7) is 22.6. The summed E-state index contributed by atoms with van der Waals surface area (Å²) >= 11 is 0. The quantitative estimate of drug-likeness (QED) is 0.0618. The minimum Gasteiger partial charge on any atom is -0.491 e. The van der Waals surface area contributed by atoms with Gasteiger partial charge in [0.05, 0.1) is 58.4 Å². The van der Waals surface area contributed by atoms with Crippen LogP contribution in [-0.4, -0.2) is 71.7 Å². The minimum absolute atomic E-state index is 0.213. The lowest BCUT2D eigenvalue weighted by Crippen LogP contribution is -2.45. The Hall–Kier alpha value is -3.56. The molecule has 0 amide bonds. The molecule has 0 saturated carbocycles. The van der Waals surface area contributed by atoms with Crippen LogP contribution in [0.25, 0.3) is 11.1 Å². The fourth-order valence-electron chi connectivity index (χ4n) is 9.13. The largest absolute Gasteiger partial charge is 0.491 e. The molecule has 8 nitrogen and oxygen atoms in total. The number of allylic oxidation sites excluding steroid dienone is 2. The standard InChI is InChI=1S/C52H74O8/c1-9-11-13-15-39-33-45(49-41-31-37(3)17-19-43(41)51(5,6)59-47(49)35-39)57-29-27-55-25-23-53-21-22-54-24-26-56-28-30-58-46-34-40(16-14-12-10-2)36-48-50(46)42-32-38(4)18-20-44(42)52(7,8)60-48/h17,19,31-36,42,44H,9-16,18,20-30H2,1-8H3/t42-,44-/m1/s1. The van der Waals surface area contributed by atoms with Crippen LogP contribution in [0.5, 0.6) is 23.0 Å². The summed E-state index contributed by atoms with van der Waals surface area (Å²) in [5.41, 5.74) is 9.19. The van der Waals surface area contributed by atoms with Gasteiger partial charge in [-0.2, -0.15) is 0 Å². The van der Waals surface area contributed by atoms with Gasteiger partial charge >= 0.3 is 0 Å². The molecule has 3 aromatic carbocycles. The van der Waals surface area contributed by atoms with Gasteiger partial charge in [0.2, 0.25) is 0 Å². The topological polar surface area (TPSA) is 73.8 Å². The zero-order valence-electron chi connectivity index (χ0n) is 38.2. The first-order valence-corrected chi connectivity index (χ1v) is 23.1. The second-order valence-corrected chi connectivity index (χ2v) is 18.1. The number of hydrogen-bond donors (Lipinski definition) is 0. The molecule has 60 heavy (non-hydrogen) atoms. The van der Waals surface area contributed by atoms with Gasteiger partial charge in [-0.15, -0.1) is 0 Å². The first-order valence-electron chi connectivity index (χ1n) is 23.1. The Labute approximate surface area is 361 Å². The molecule has 0 spiro atoms. The van der Waals surface area contributed by atoms with Gasteiger partial charge in [0.25, 0.3) is 0 Å². The molecule has 0 bridgehead atoms. The third-order valence-electron chi connectivity index (χ3n) is 12.3. The van der Waals surface area contributed by atoms with Crippen molar-refractivity contribution in [1.82, 2.24) is 0 Å². The van der Waals surface area contributed by atoms with Crippen molar-refractivity contribution >= 4 is 0 Å². The van der Waals surface area contributed by atoms with Crippen molar-refractivity contribution in [2.24, 2.45) is 5.92 Å². The molecule has 6 rings (SSSR count). The van der Waals surface area contributed by atoms with Crippen LogP contribution in [0.1, 0.15) is 134 Å². The van der Waals surface area contributed by atoms with Crippen molar-refractivity contribution in [3.63, 3.8) is 0 Å². The lowest BCUT2D eigenvalue weighted by molar-refractivity contribution is -0.00738. The summed E-state index contributed by atoms with van der Waals surface area (Å²) in [4.78, 5) is 0. The van der Waals surface area contributed by atoms with Crippen molar-refractivity contribution in [3.8, 4) is 34.1 Å². The number of fused-ring (bicyclic) bond motifs is 6. The van der Waals surface area contributed by atoms with E-state index in [1.54, 1.807) is 0 Å². The van der Waals surface area contributed by atoms with Crippen LogP contribution >= 0.6 is 0 Å². The smallest absolute Gasteiger partial charge is 0.132 e. The van der Waals surface area contributed by atoms with Crippen LogP contribution in [0.15, 0.2) is 54.1 Å². The van der Waals surface area contributed by atoms with E-state index in [2.05, 4.69) is 104 Å². The van der Waals surface area contributed by atoms with Crippen LogP contribution < -0.4 is 18.9 Å². The summed E-state index contributed by atoms with van der Waals surface area (Å²) in [5, 5.41) is 0. The monoisotopic (exact) mass is 827 g/mol. The van der Waals surface area contributed by atoms with Crippen LogP contribution in [0.3, 0.4) is 0 Å². The molecular weight excluding hydrogens is 753 g/mol. The molecule has 3 aromatic rings. The molecule has 1 aliphatic carbocycles. The van der Waals surface area contributed by atoms with E-state index in [0.29, 0.717) is 77.9 Å². The van der Waals surface area contributed by atoms with Crippen LogP contribution in [-0.2, 0) is 37.4 Å². The predicted molar refractivity (Wildman–Crippen MR) is 241 cm³/mol. The SMILES string of the molecule is CCCCCc1cc(OCCOCCOCCOCCOCCOc2cc(CCCCC)cc3c2[C@@H]2C=C(C)CC[C@H]2C(C)(C)O3)c2c(c1)OC(C)(C)c1ccc(C)cc1-2. The van der Waals surface area contributed by atoms with E-state index in [1.165, 1.54) is 71.1 Å². The number of rotatable bonds is 25. The first kappa shape index (κ1) is 46.0. The van der Waals surface area contributed by atoms with E-state index in [9.17, 15) is 0 Å². The van der Waals surface area contributed by atoms with Gasteiger partial charge in [-0.3, -0.25) is 0 Å². The Kier molecular flexibility index (Phi) is 16.8. The first-order chi connectivity index (χ1) is 29.0. The highest BCUT2D eigenvalue weighted by atomic mass is 16.6. The third kappa shape index (κ3) is 12.1. The summed E-state index contributed by atoms with van der Waals surface area (Å²) in [6.07, 6.45) is 13.9. The Balaban J connectivity index is 0.869. The highest BCUT2D eigenvalue weighted by Crippen LogP contribution is 2.54. The Bertz CT molecular complexity index is 1860. The number of ether oxygens (including phenoxy) is 8. The van der Waals surface area contributed by atoms with Gasteiger partial charge < -0.3 is 37.9 Å². The molecule has 0 unspecified atom stereocenters. The molecule has 330 valence electrons. The van der Waals surface area contributed by atoms with Gasteiger partial charge in [0.15, 0.2) is 0 Å². The molecule has 3 aliphatic rings. The number of unbranched alkanes of at least 4 members (excludes halogenated alkanes) is 4. The summed E-state index contributed by atoms with van der Waals surface area (Å²) in [6, 6.07) is 15.5. The predicted octanol–water partition coefficient (Wildman–Crippen LogP) is 11.9. The van der Waals surface area contributed by atoms with E-state index in [1.807, 2.05) is 0 Å². The molecule has 2 atom stereocenters. The van der Waals surface area contributed by atoms with Crippen molar-refractivity contribution in [2.75, 3.05) is 66.1 Å². The summed E-state index contributed by atoms with van der Waals surface area (Å²) < 4.78 is 49.5. The third-order valence-corrected chi connectivity index (χ3v) is 12.3. The van der Waals surface area contributed by atoms with E-state index in [0.717, 1.165) is 60.7 Å². The molecular formula is C52H74O8. The number of benzene rings is 3. The van der Waals surface area contributed by atoms with Crippen molar-refractivity contribution in [1.29, 1.82) is 0 Å². The molecule has 0 fully saturated rings. The number of aryl methyl sites for hydroxylation is 3. The maximum Gasteiger partial charge on any atom is 0.132 e. The van der Waals surface area contributed by atoms with Crippen LogP contribution in [0, 0.1) is 12.8 Å². The van der Waals surface area contributed by atoms with Crippen molar-refractivity contribution < 1.29 is 37.9 Å². The van der Waals surface area contributed by atoms with Gasteiger partial charge in [0.1, 0.15) is 47.4 Å². The molecule has 8 heteroatoms. The van der Waals surface area contributed by atoms with E-state index >= 15 is 0 Å². The average Bonchev–Trinajstić information content (AvgIpc) is 3.19. The molecule has 0 saturated heterocycles. The maximum absolute atomic E-state index is 6.72. The Morgan fingerprint density at radius 1 is 0.617 bits per heavy atom. The summed E-state index contributed by atoms with van der Waals surface area (Å²) in [7, 11) is 0. The van der Waals surface area contributed by atoms with Crippen molar-refractivity contribution in [3.05, 3.63) is 81.9 Å². The average molecular weight is 827 g/mol. The Morgan fingerprint density at radius 2 is 1.17 bits per heavy atom. The van der Waals surface area contributed by atoms with Crippen LogP contribution in [0.4, 0.5) is 0 Å². The van der Waals surface area contributed by atoms with Crippen LogP contribution in [0.2, 0.25) is 0 Å². The number of hydrogen-bond acceptors (Lipinski definition) is 8. The van der Waals surface area contributed by atoms with Crippen molar-refractivity contribution in [2.45, 2.75) is 137 Å². The lowest BCUT2D eigenvalue weighted by atomic mass is 9.68. The van der Waals surface area contributed by atoms with E-state index in [4.69, 9.17) is 37.9 Å². The lowest BCUT2D eigenvalue weighted by Gasteiger charge is -2.46. The fraction of sp³-hybridized carbons (Fsp3) is 0.615. The summed E-state index contributed by atoms with van der Waals surface area (Å²) in [5.74, 6) is 4.44.